The van der Waals surface area contributed by atoms with Crippen molar-refractivity contribution >= 4 is 15.9 Å². The molecule has 1 rings (SSSR count). The van der Waals surface area contributed by atoms with Gasteiger partial charge in [-0.15, -0.1) is 0 Å². The first-order chi connectivity index (χ1) is 9.27. The second-order valence-corrected chi connectivity index (χ2v) is 5.02. The highest BCUT2D eigenvalue weighted by Gasteiger charge is 2.09. The summed E-state index contributed by atoms with van der Waals surface area (Å²) in [6.45, 7) is 3.01. The summed E-state index contributed by atoms with van der Waals surface area (Å²) in [5, 5.41) is 0. The predicted octanol–water partition coefficient (Wildman–Crippen LogP) is 2.52. The Labute approximate surface area is 123 Å². The molecule has 1 atom stereocenters. The normalized spacial score (nSPS) is 12.6. The Morgan fingerprint density at radius 3 is 2.47 bits per heavy atom. The molecule has 0 radical (unpaired) electrons. The second-order valence-electron chi connectivity index (χ2n) is 4.11. The molecule has 19 heavy (non-hydrogen) atoms. The topological polar surface area (TPSA) is 53.7 Å². The summed E-state index contributed by atoms with van der Waals surface area (Å²) < 4.78 is 17.1. The SMILES string of the molecule is COCCCOCCOC(CN)c1ccc(Br)cc1. The molecule has 4 nitrogen and oxygen atoms in total. The Bertz CT molecular complexity index is 332. The summed E-state index contributed by atoms with van der Waals surface area (Å²) in [5.74, 6) is 0. The number of ether oxygens (including phenoxy) is 3. The minimum absolute atomic E-state index is 0.0734. The molecule has 0 bridgehead atoms. The van der Waals surface area contributed by atoms with Crippen molar-refractivity contribution in [2.24, 2.45) is 5.73 Å². The van der Waals surface area contributed by atoms with Gasteiger partial charge in [-0.25, -0.2) is 0 Å². The first kappa shape index (κ1) is 16.6. The molecule has 0 saturated heterocycles. The van der Waals surface area contributed by atoms with Crippen molar-refractivity contribution in [3.8, 4) is 0 Å². The maximum absolute atomic E-state index is 5.73. The largest absolute Gasteiger partial charge is 0.385 e. The molecular formula is C14H22BrNO3. The molecule has 5 heteroatoms. The third kappa shape index (κ3) is 7.03. The molecule has 0 aromatic heterocycles. The van der Waals surface area contributed by atoms with E-state index in [1.807, 2.05) is 24.3 Å². The lowest BCUT2D eigenvalue weighted by Crippen LogP contribution is -2.18. The lowest BCUT2D eigenvalue weighted by molar-refractivity contribution is 0.00389. The number of rotatable bonds is 10. The van der Waals surface area contributed by atoms with Crippen LogP contribution >= 0.6 is 15.9 Å². The van der Waals surface area contributed by atoms with E-state index in [4.69, 9.17) is 19.9 Å². The summed E-state index contributed by atoms with van der Waals surface area (Å²) in [4.78, 5) is 0. The molecule has 1 aromatic rings. The molecule has 0 aliphatic rings. The molecule has 0 aliphatic heterocycles. The predicted molar refractivity (Wildman–Crippen MR) is 79.2 cm³/mol. The molecule has 0 saturated carbocycles. The van der Waals surface area contributed by atoms with Crippen LogP contribution in [0.5, 0.6) is 0 Å². The number of benzene rings is 1. The van der Waals surface area contributed by atoms with E-state index in [2.05, 4.69) is 15.9 Å². The molecule has 2 N–H and O–H groups in total. The Morgan fingerprint density at radius 1 is 1.11 bits per heavy atom. The van der Waals surface area contributed by atoms with Crippen molar-refractivity contribution in [3.05, 3.63) is 34.3 Å². The van der Waals surface area contributed by atoms with Gasteiger partial charge in [0.1, 0.15) is 0 Å². The maximum Gasteiger partial charge on any atom is 0.0948 e. The van der Waals surface area contributed by atoms with Gasteiger partial charge in [0, 0.05) is 31.3 Å². The summed E-state index contributed by atoms with van der Waals surface area (Å²) in [6, 6.07) is 8.01. The molecule has 1 aromatic carbocycles. The van der Waals surface area contributed by atoms with E-state index >= 15 is 0 Å². The smallest absolute Gasteiger partial charge is 0.0948 e. The van der Waals surface area contributed by atoms with Gasteiger partial charge in [0.2, 0.25) is 0 Å². The number of hydrogen-bond donors (Lipinski definition) is 1. The maximum atomic E-state index is 5.73. The number of methoxy groups -OCH3 is 1. The van der Waals surface area contributed by atoms with Crippen molar-refractivity contribution < 1.29 is 14.2 Å². The van der Waals surface area contributed by atoms with Gasteiger partial charge in [-0.2, -0.15) is 0 Å². The molecule has 0 aliphatic carbocycles. The molecule has 1 unspecified atom stereocenters. The summed E-state index contributed by atoms with van der Waals surface area (Å²) in [5.41, 5.74) is 6.82. The Hall–Kier alpha value is -0.460. The number of hydrogen-bond acceptors (Lipinski definition) is 4. The number of halogens is 1. The first-order valence-electron chi connectivity index (χ1n) is 6.41. The third-order valence-corrected chi connectivity index (χ3v) is 3.17. The average Bonchev–Trinajstić information content (AvgIpc) is 2.43. The molecule has 0 amide bonds. The summed E-state index contributed by atoms with van der Waals surface area (Å²) in [6.07, 6.45) is 0.833. The minimum atomic E-state index is -0.0734. The van der Waals surface area contributed by atoms with E-state index in [0.29, 0.717) is 26.4 Å². The fourth-order valence-corrected chi connectivity index (χ4v) is 1.90. The molecule has 0 fully saturated rings. The van der Waals surface area contributed by atoms with Crippen LogP contribution in [0, 0.1) is 0 Å². The van der Waals surface area contributed by atoms with E-state index in [1.54, 1.807) is 7.11 Å². The van der Waals surface area contributed by atoms with Gasteiger partial charge in [0.25, 0.3) is 0 Å². The Kier molecular flexibility index (Phi) is 9.03. The van der Waals surface area contributed by atoms with E-state index in [0.717, 1.165) is 23.1 Å². The van der Waals surface area contributed by atoms with Gasteiger partial charge in [-0.1, -0.05) is 28.1 Å². The highest BCUT2D eigenvalue weighted by molar-refractivity contribution is 9.10. The van der Waals surface area contributed by atoms with Gasteiger partial charge in [0.05, 0.1) is 19.3 Å². The van der Waals surface area contributed by atoms with Crippen molar-refractivity contribution in [1.29, 1.82) is 0 Å². The number of nitrogens with two attached hydrogens (primary N) is 1. The van der Waals surface area contributed by atoms with Crippen LogP contribution in [0.1, 0.15) is 18.1 Å². The fraction of sp³-hybridized carbons (Fsp3) is 0.571. The molecule has 0 spiro atoms. The zero-order valence-electron chi connectivity index (χ0n) is 11.3. The lowest BCUT2D eigenvalue weighted by Gasteiger charge is -2.16. The van der Waals surface area contributed by atoms with Crippen LogP contribution in [0.4, 0.5) is 0 Å². The zero-order chi connectivity index (χ0) is 13.9. The van der Waals surface area contributed by atoms with Crippen LogP contribution in [-0.2, 0) is 14.2 Å². The quantitative estimate of drug-likeness (QED) is 0.669. The highest BCUT2D eigenvalue weighted by atomic mass is 79.9. The van der Waals surface area contributed by atoms with Crippen molar-refractivity contribution in [3.63, 3.8) is 0 Å². The first-order valence-corrected chi connectivity index (χ1v) is 7.21. The van der Waals surface area contributed by atoms with E-state index < -0.39 is 0 Å². The van der Waals surface area contributed by atoms with Crippen LogP contribution < -0.4 is 5.73 Å². The van der Waals surface area contributed by atoms with Gasteiger partial charge in [-0.3, -0.25) is 0 Å². The molecule has 0 heterocycles. The van der Waals surface area contributed by atoms with Crippen LogP contribution in [0.25, 0.3) is 0 Å². The highest BCUT2D eigenvalue weighted by Crippen LogP contribution is 2.19. The van der Waals surface area contributed by atoms with E-state index in [9.17, 15) is 0 Å². The van der Waals surface area contributed by atoms with Crippen molar-refractivity contribution in [2.75, 3.05) is 40.1 Å². The molecule has 108 valence electrons. The van der Waals surface area contributed by atoms with Gasteiger partial charge >= 0.3 is 0 Å². The fourth-order valence-electron chi connectivity index (χ4n) is 1.63. The van der Waals surface area contributed by atoms with Crippen LogP contribution in [-0.4, -0.2) is 40.1 Å². The van der Waals surface area contributed by atoms with E-state index in [-0.39, 0.29) is 6.10 Å². The van der Waals surface area contributed by atoms with Crippen LogP contribution in [0.15, 0.2) is 28.7 Å². The van der Waals surface area contributed by atoms with Crippen molar-refractivity contribution in [2.45, 2.75) is 12.5 Å². The van der Waals surface area contributed by atoms with Gasteiger partial charge in [-0.05, 0) is 24.1 Å². The zero-order valence-corrected chi connectivity index (χ0v) is 12.9. The summed E-state index contributed by atoms with van der Waals surface area (Å²) in [7, 11) is 1.69. The Morgan fingerprint density at radius 2 is 1.84 bits per heavy atom. The summed E-state index contributed by atoms with van der Waals surface area (Å²) >= 11 is 3.41. The monoisotopic (exact) mass is 331 g/mol. The standard InChI is InChI=1S/C14H22BrNO3/c1-17-7-2-8-18-9-10-19-14(11-16)12-3-5-13(15)6-4-12/h3-6,14H,2,7-11,16H2,1H3. The average molecular weight is 332 g/mol. The van der Waals surface area contributed by atoms with Gasteiger partial charge < -0.3 is 19.9 Å². The second kappa shape index (κ2) is 10.3. The minimum Gasteiger partial charge on any atom is -0.385 e. The Balaban J connectivity index is 2.20. The lowest BCUT2D eigenvalue weighted by atomic mass is 10.1. The van der Waals surface area contributed by atoms with Crippen molar-refractivity contribution in [1.82, 2.24) is 0 Å². The third-order valence-electron chi connectivity index (χ3n) is 2.64. The molecular weight excluding hydrogens is 310 g/mol. The van der Waals surface area contributed by atoms with Crippen LogP contribution in [0.2, 0.25) is 0 Å². The van der Waals surface area contributed by atoms with Crippen LogP contribution in [0.3, 0.4) is 0 Å². The van der Waals surface area contributed by atoms with E-state index in [1.165, 1.54) is 0 Å². The van der Waals surface area contributed by atoms with Gasteiger partial charge in [0.15, 0.2) is 0 Å².